The maximum absolute atomic E-state index is 12.3. The van der Waals surface area contributed by atoms with Crippen molar-refractivity contribution in [2.45, 2.75) is 6.54 Å². The monoisotopic (exact) mass is 447 g/mol. The molecule has 0 radical (unpaired) electrons. The maximum atomic E-state index is 12.3. The Morgan fingerprint density at radius 3 is 2.85 bits per heavy atom. The van der Waals surface area contributed by atoms with Gasteiger partial charge in [0.1, 0.15) is 0 Å². The van der Waals surface area contributed by atoms with Crippen molar-refractivity contribution >= 4 is 44.8 Å². The molecule has 0 aliphatic heterocycles. The van der Waals surface area contributed by atoms with Crippen LogP contribution in [0.5, 0.6) is 0 Å². The number of aromatic nitrogens is 1. The lowest BCUT2D eigenvalue weighted by Gasteiger charge is -2.07. The van der Waals surface area contributed by atoms with E-state index in [4.69, 9.17) is 11.6 Å². The van der Waals surface area contributed by atoms with E-state index in [0.717, 1.165) is 15.7 Å². The fourth-order valence-electron chi connectivity index (χ4n) is 2.40. The molecule has 26 heavy (non-hydrogen) atoms. The van der Waals surface area contributed by atoms with Crippen LogP contribution in [0, 0.1) is 0 Å². The van der Waals surface area contributed by atoms with Crippen molar-refractivity contribution in [3.8, 4) is 11.3 Å². The summed E-state index contributed by atoms with van der Waals surface area (Å²) < 4.78 is 3.00. The summed E-state index contributed by atoms with van der Waals surface area (Å²) in [6, 6.07) is 14.8. The minimum absolute atomic E-state index is 0.310. The largest absolute Gasteiger partial charge is 0.311 e. The Kier molecular flexibility index (Phi) is 6.08. The molecule has 3 aromatic rings. The van der Waals surface area contributed by atoms with E-state index in [2.05, 4.69) is 33.0 Å². The van der Waals surface area contributed by atoms with Crippen molar-refractivity contribution in [3.05, 3.63) is 86.4 Å². The smallest absolute Gasteiger partial charge is 0.271 e. The number of benzene rings is 2. The third kappa shape index (κ3) is 4.33. The van der Waals surface area contributed by atoms with Crippen LogP contribution in [0.25, 0.3) is 11.3 Å². The summed E-state index contributed by atoms with van der Waals surface area (Å²) in [6.07, 6.45) is 1.80. The second-order valence-electron chi connectivity index (χ2n) is 5.38. The van der Waals surface area contributed by atoms with Gasteiger partial charge >= 0.3 is 0 Å². The van der Waals surface area contributed by atoms with E-state index in [1.54, 1.807) is 30.3 Å². The molecule has 132 valence electrons. The van der Waals surface area contributed by atoms with Gasteiger partial charge in [-0.05, 0) is 30.3 Å². The number of allylic oxidation sites excluding steroid dienone is 1. The summed E-state index contributed by atoms with van der Waals surface area (Å²) in [4.78, 5) is 12.9. The van der Waals surface area contributed by atoms with Gasteiger partial charge < -0.3 is 4.57 Å². The third-order valence-electron chi connectivity index (χ3n) is 3.57. The van der Waals surface area contributed by atoms with Gasteiger partial charge in [0.25, 0.3) is 5.91 Å². The molecule has 0 bridgehead atoms. The molecule has 0 fully saturated rings. The number of hydrogen-bond donors (Lipinski definition) is 1. The van der Waals surface area contributed by atoms with Gasteiger partial charge in [0.2, 0.25) is 4.80 Å². The van der Waals surface area contributed by atoms with Crippen LogP contribution in [0.2, 0.25) is 5.02 Å². The Bertz CT molecular complexity index is 1030. The number of carbonyl (C=O) groups is 1. The average Bonchev–Trinajstić information content (AvgIpc) is 3.03. The van der Waals surface area contributed by atoms with Crippen LogP contribution >= 0.6 is 38.9 Å². The highest BCUT2D eigenvalue weighted by atomic mass is 79.9. The minimum atomic E-state index is -0.310. The molecule has 0 saturated carbocycles. The average molecular weight is 449 g/mol. The first-order valence-electron chi connectivity index (χ1n) is 7.73. The Balaban J connectivity index is 1.93. The lowest BCUT2D eigenvalue weighted by atomic mass is 10.2. The van der Waals surface area contributed by atoms with E-state index in [9.17, 15) is 4.79 Å². The second-order valence-corrected chi connectivity index (χ2v) is 7.56. The predicted molar refractivity (Wildman–Crippen MR) is 110 cm³/mol. The maximum Gasteiger partial charge on any atom is 0.271 e. The quantitative estimate of drug-likeness (QED) is 0.430. The van der Waals surface area contributed by atoms with E-state index >= 15 is 0 Å². The topological polar surface area (TPSA) is 46.4 Å². The molecule has 1 aromatic heterocycles. The van der Waals surface area contributed by atoms with Gasteiger partial charge in [0, 0.05) is 32.5 Å². The first kappa shape index (κ1) is 18.6. The molecule has 1 amide bonds. The lowest BCUT2D eigenvalue weighted by Crippen LogP contribution is -2.24. The van der Waals surface area contributed by atoms with Crippen LogP contribution < -0.4 is 10.2 Å². The van der Waals surface area contributed by atoms with Crippen LogP contribution in [-0.4, -0.2) is 10.5 Å². The van der Waals surface area contributed by atoms with Crippen LogP contribution in [0.15, 0.2) is 76.1 Å². The van der Waals surface area contributed by atoms with Gasteiger partial charge in [0.15, 0.2) is 0 Å². The Morgan fingerprint density at radius 1 is 1.31 bits per heavy atom. The molecule has 0 aliphatic carbocycles. The molecule has 0 unspecified atom stereocenters. The number of nitrogens with zero attached hydrogens (tertiary/aromatic N) is 2. The third-order valence-corrected chi connectivity index (χ3v) is 5.16. The number of thiazole rings is 1. The van der Waals surface area contributed by atoms with Crippen molar-refractivity contribution in [2.24, 2.45) is 5.10 Å². The zero-order valence-electron chi connectivity index (χ0n) is 13.7. The fraction of sp³-hybridized carbons (Fsp3) is 0.0526. The lowest BCUT2D eigenvalue weighted by molar-refractivity contribution is 0.0953. The molecule has 1 N–H and O–H groups in total. The van der Waals surface area contributed by atoms with Crippen molar-refractivity contribution < 1.29 is 4.79 Å². The summed E-state index contributed by atoms with van der Waals surface area (Å²) in [5, 5.41) is 6.80. The standard InChI is InChI=1S/C19H15BrClN3OS/c1-2-9-24-17(13-5-3-7-15(20)10-13)12-26-19(24)23-22-18(25)14-6-4-8-16(21)11-14/h2-8,10-12H,1,9H2,(H,22,25)/b23-19-. The highest BCUT2D eigenvalue weighted by Gasteiger charge is 2.09. The number of rotatable bonds is 5. The minimum Gasteiger partial charge on any atom is -0.311 e. The van der Waals surface area contributed by atoms with Gasteiger partial charge in [-0.25, -0.2) is 5.43 Å². The molecule has 1 heterocycles. The van der Waals surface area contributed by atoms with Crippen molar-refractivity contribution in [1.82, 2.24) is 9.99 Å². The number of hydrogen-bond acceptors (Lipinski definition) is 3. The Hall–Kier alpha value is -2.15. The normalized spacial score (nSPS) is 11.4. The molecule has 7 heteroatoms. The summed E-state index contributed by atoms with van der Waals surface area (Å²) in [5.74, 6) is -0.310. The van der Waals surface area contributed by atoms with E-state index in [1.165, 1.54) is 11.3 Å². The molecule has 0 spiro atoms. The van der Waals surface area contributed by atoms with Crippen LogP contribution in [-0.2, 0) is 6.54 Å². The van der Waals surface area contributed by atoms with Crippen LogP contribution in [0.4, 0.5) is 0 Å². The number of nitrogens with one attached hydrogen (secondary N) is 1. The van der Waals surface area contributed by atoms with E-state index < -0.39 is 0 Å². The van der Waals surface area contributed by atoms with E-state index in [0.29, 0.717) is 21.9 Å². The Labute approximate surface area is 168 Å². The van der Waals surface area contributed by atoms with Gasteiger partial charge in [-0.3, -0.25) is 4.79 Å². The van der Waals surface area contributed by atoms with Gasteiger partial charge in [-0.1, -0.05) is 51.8 Å². The molecule has 0 atom stereocenters. The van der Waals surface area contributed by atoms with E-state index in [-0.39, 0.29) is 5.91 Å². The zero-order chi connectivity index (χ0) is 18.5. The Morgan fingerprint density at radius 2 is 2.12 bits per heavy atom. The highest BCUT2D eigenvalue weighted by Crippen LogP contribution is 2.23. The molecule has 4 nitrogen and oxygen atoms in total. The van der Waals surface area contributed by atoms with Gasteiger partial charge in [-0.2, -0.15) is 0 Å². The molecule has 2 aromatic carbocycles. The fourth-order valence-corrected chi connectivity index (χ4v) is 3.86. The first-order valence-corrected chi connectivity index (χ1v) is 9.78. The SMILES string of the molecule is C=CCn1c(-c2cccc(Br)c2)cs/c1=N\NC(=O)c1cccc(Cl)c1. The van der Waals surface area contributed by atoms with Crippen molar-refractivity contribution in [1.29, 1.82) is 0 Å². The zero-order valence-corrected chi connectivity index (χ0v) is 16.8. The molecular weight excluding hydrogens is 434 g/mol. The molecule has 0 saturated heterocycles. The summed E-state index contributed by atoms with van der Waals surface area (Å²) in [7, 11) is 0. The predicted octanol–water partition coefficient (Wildman–Crippen LogP) is 5.06. The molecule has 0 aliphatic rings. The number of amides is 1. The van der Waals surface area contributed by atoms with Crippen molar-refractivity contribution in [2.75, 3.05) is 0 Å². The number of halogens is 2. The molecule has 3 rings (SSSR count). The second kappa shape index (κ2) is 8.49. The van der Waals surface area contributed by atoms with Gasteiger partial charge in [-0.15, -0.1) is 23.0 Å². The summed E-state index contributed by atoms with van der Waals surface area (Å²) in [6.45, 7) is 4.39. The molecular formula is C19H15BrClN3OS. The van der Waals surface area contributed by atoms with Crippen molar-refractivity contribution in [3.63, 3.8) is 0 Å². The number of carbonyl (C=O) groups excluding carboxylic acids is 1. The summed E-state index contributed by atoms with van der Waals surface area (Å²) >= 11 is 10.9. The van der Waals surface area contributed by atoms with Crippen LogP contribution in [0.1, 0.15) is 10.4 Å². The van der Waals surface area contributed by atoms with Crippen LogP contribution in [0.3, 0.4) is 0 Å². The van der Waals surface area contributed by atoms with E-state index in [1.807, 2.05) is 34.2 Å². The highest BCUT2D eigenvalue weighted by molar-refractivity contribution is 9.10. The first-order chi connectivity index (χ1) is 12.6. The summed E-state index contributed by atoms with van der Waals surface area (Å²) in [5.41, 5.74) is 5.11. The van der Waals surface area contributed by atoms with Gasteiger partial charge in [0.05, 0.1) is 5.69 Å².